The lowest BCUT2D eigenvalue weighted by atomic mass is 10.0. The lowest BCUT2D eigenvalue weighted by Crippen LogP contribution is -2.31. The van der Waals surface area contributed by atoms with E-state index in [0.717, 1.165) is 16.0 Å². The summed E-state index contributed by atoms with van der Waals surface area (Å²) in [4.78, 5) is 29.3. The molecule has 1 aliphatic heterocycles. The van der Waals surface area contributed by atoms with E-state index in [-0.39, 0.29) is 11.8 Å². The van der Waals surface area contributed by atoms with Crippen LogP contribution < -0.4 is 4.90 Å². The molecule has 0 atom stereocenters. The molecule has 3 aromatic rings. The minimum atomic E-state index is -0.309. The number of carbonyl (C=O) groups is 2. The Morgan fingerprint density at radius 1 is 0.800 bits per heavy atom. The molecule has 0 aromatic heterocycles. The zero-order chi connectivity index (χ0) is 21.3. The van der Waals surface area contributed by atoms with Crippen LogP contribution in [0, 0.1) is 0 Å². The second kappa shape index (κ2) is 8.50. The van der Waals surface area contributed by atoms with Crippen LogP contribution in [-0.2, 0) is 9.59 Å². The van der Waals surface area contributed by atoms with Gasteiger partial charge >= 0.3 is 0 Å². The number of anilines is 1. The molecular formula is C25H20ClNO2S. The zero-order valence-corrected chi connectivity index (χ0v) is 18.2. The predicted molar refractivity (Wildman–Crippen MR) is 124 cm³/mol. The summed E-state index contributed by atoms with van der Waals surface area (Å²) in [6.07, 6.45) is 0. The second-order valence-corrected chi connectivity index (χ2v) is 8.84. The lowest BCUT2D eigenvalue weighted by molar-refractivity contribution is -0.119. The molecule has 0 fully saturated rings. The number of benzene rings is 3. The van der Waals surface area contributed by atoms with E-state index in [9.17, 15) is 9.59 Å². The predicted octanol–water partition coefficient (Wildman–Crippen LogP) is 6.54. The summed E-state index contributed by atoms with van der Waals surface area (Å²) in [5.41, 5.74) is 2.89. The topological polar surface area (TPSA) is 37.4 Å². The maximum absolute atomic E-state index is 13.4. The highest BCUT2D eigenvalue weighted by Gasteiger charge is 2.40. The van der Waals surface area contributed by atoms with Crippen LogP contribution in [0.4, 0.5) is 5.69 Å². The van der Waals surface area contributed by atoms with Gasteiger partial charge in [0.15, 0.2) is 0 Å². The first-order valence-electron chi connectivity index (χ1n) is 9.67. The highest BCUT2D eigenvalue weighted by atomic mass is 35.5. The van der Waals surface area contributed by atoms with Crippen LogP contribution in [0.3, 0.4) is 0 Å². The molecule has 0 saturated carbocycles. The minimum absolute atomic E-state index is 0.306. The number of nitrogens with zero attached hydrogens (tertiary/aromatic N) is 1. The van der Waals surface area contributed by atoms with Crippen molar-refractivity contribution < 1.29 is 9.59 Å². The summed E-state index contributed by atoms with van der Waals surface area (Å²) in [5, 5.41) is 0.623. The van der Waals surface area contributed by atoms with E-state index in [2.05, 4.69) is 13.8 Å². The highest BCUT2D eigenvalue weighted by molar-refractivity contribution is 8.04. The first-order valence-corrected chi connectivity index (χ1v) is 10.9. The lowest BCUT2D eigenvalue weighted by Gasteiger charge is -2.16. The van der Waals surface area contributed by atoms with Gasteiger partial charge < -0.3 is 0 Å². The Hall–Kier alpha value is -2.82. The molecule has 3 nitrogen and oxygen atoms in total. The molecule has 0 aliphatic carbocycles. The third-order valence-corrected chi connectivity index (χ3v) is 6.30. The Morgan fingerprint density at radius 3 is 2.03 bits per heavy atom. The van der Waals surface area contributed by atoms with Crippen molar-refractivity contribution in [3.63, 3.8) is 0 Å². The molecule has 0 bridgehead atoms. The molecule has 3 aromatic carbocycles. The normalized spacial score (nSPS) is 14.2. The van der Waals surface area contributed by atoms with Gasteiger partial charge in [0.25, 0.3) is 11.8 Å². The molecule has 0 radical (unpaired) electrons. The molecule has 1 aliphatic rings. The Bertz CT molecular complexity index is 1120. The van der Waals surface area contributed by atoms with Crippen LogP contribution in [0.5, 0.6) is 0 Å². The number of carbonyl (C=O) groups excluding carboxylic acids is 2. The molecule has 0 spiro atoms. The number of halogens is 1. The average molecular weight is 434 g/mol. The van der Waals surface area contributed by atoms with Gasteiger partial charge in [-0.2, -0.15) is 0 Å². The molecule has 4 rings (SSSR count). The summed E-state index contributed by atoms with van der Waals surface area (Å²) in [5.74, 6) is -0.242. The van der Waals surface area contributed by atoms with E-state index in [1.807, 2.05) is 66.7 Å². The van der Waals surface area contributed by atoms with Gasteiger partial charge in [-0.05, 0) is 53.4 Å². The van der Waals surface area contributed by atoms with Gasteiger partial charge in [-0.25, -0.2) is 4.90 Å². The SMILES string of the molecule is CC(C)c1ccc(N2C(=O)C(Sc3ccc(Cl)cc3)=C(c3ccccc3)C2=O)cc1. The number of hydrogen-bond acceptors (Lipinski definition) is 3. The van der Waals surface area contributed by atoms with E-state index in [0.29, 0.717) is 27.1 Å². The first-order chi connectivity index (χ1) is 14.5. The molecule has 0 unspecified atom stereocenters. The van der Waals surface area contributed by atoms with Crippen molar-refractivity contribution in [3.8, 4) is 0 Å². The Morgan fingerprint density at radius 2 is 1.43 bits per heavy atom. The quantitative estimate of drug-likeness (QED) is 0.428. The fourth-order valence-electron chi connectivity index (χ4n) is 3.33. The van der Waals surface area contributed by atoms with Crippen molar-refractivity contribution >= 4 is 46.4 Å². The van der Waals surface area contributed by atoms with Gasteiger partial charge in [0.05, 0.1) is 16.2 Å². The third kappa shape index (κ3) is 3.93. The van der Waals surface area contributed by atoms with Crippen molar-refractivity contribution in [3.05, 3.63) is 99.9 Å². The molecule has 0 N–H and O–H groups in total. The number of amides is 2. The molecule has 30 heavy (non-hydrogen) atoms. The monoisotopic (exact) mass is 433 g/mol. The van der Waals surface area contributed by atoms with Gasteiger partial charge in [-0.3, -0.25) is 9.59 Å². The van der Waals surface area contributed by atoms with Gasteiger partial charge in [0.2, 0.25) is 0 Å². The molecule has 1 heterocycles. The standard InChI is InChI=1S/C25H20ClNO2S/c1-16(2)17-8-12-20(13-9-17)27-24(28)22(18-6-4-3-5-7-18)23(25(27)29)30-21-14-10-19(26)11-15-21/h3-16H,1-2H3. The van der Waals surface area contributed by atoms with Crippen molar-refractivity contribution in [1.29, 1.82) is 0 Å². The maximum Gasteiger partial charge on any atom is 0.272 e. The smallest absolute Gasteiger partial charge is 0.268 e. The number of rotatable bonds is 5. The van der Waals surface area contributed by atoms with E-state index in [1.54, 1.807) is 12.1 Å². The zero-order valence-electron chi connectivity index (χ0n) is 16.6. The summed E-state index contributed by atoms with van der Waals surface area (Å²) in [7, 11) is 0. The largest absolute Gasteiger partial charge is 0.272 e. The van der Waals surface area contributed by atoms with E-state index in [4.69, 9.17) is 11.6 Å². The summed E-state index contributed by atoms with van der Waals surface area (Å²) >= 11 is 7.28. The van der Waals surface area contributed by atoms with Crippen molar-refractivity contribution in [2.24, 2.45) is 0 Å². The third-order valence-electron chi connectivity index (χ3n) is 4.96. The number of imide groups is 1. The molecular weight excluding hydrogens is 414 g/mol. The van der Waals surface area contributed by atoms with E-state index in [1.165, 1.54) is 16.7 Å². The van der Waals surface area contributed by atoms with Crippen molar-refractivity contribution in [2.75, 3.05) is 4.90 Å². The summed E-state index contributed by atoms with van der Waals surface area (Å²) in [6, 6.07) is 24.2. The fraction of sp³-hybridized carbons (Fsp3) is 0.120. The van der Waals surface area contributed by atoms with E-state index >= 15 is 0 Å². The van der Waals surface area contributed by atoms with Gasteiger partial charge in [-0.15, -0.1) is 0 Å². The van der Waals surface area contributed by atoms with Crippen molar-refractivity contribution in [2.45, 2.75) is 24.7 Å². The summed E-state index contributed by atoms with van der Waals surface area (Å²) < 4.78 is 0. The van der Waals surface area contributed by atoms with Gasteiger partial charge in [0, 0.05) is 9.92 Å². The van der Waals surface area contributed by atoms with Crippen LogP contribution in [0.25, 0.3) is 5.57 Å². The van der Waals surface area contributed by atoms with Crippen LogP contribution in [0.2, 0.25) is 5.02 Å². The van der Waals surface area contributed by atoms with Crippen LogP contribution in [-0.4, -0.2) is 11.8 Å². The highest BCUT2D eigenvalue weighted by Crippen LogP contribution is 2.41. The molecule has 2 amide bonds. The Labute approximate surface area is 185 Å². The fourth-order valence-corrected chi connectivity index (χ4v) is 4.45. The Kier molecular flexibility index (Phi) is 5.80. The first kappa shape index (κ1) is 20.5. The Balaban J connectivity index is 1.76. The maximum atomic E-state index is 13.4. The van der Waals surface area contributed by atoms with Crippen LogP contribution in [0.1, 0.15) is 30.9 Å². The average Bonchev–Trinajstić information content (AvgIpc) is 3.00. The second-order valence-electron chi connectivity index (χ2n) is 7.32. The molecule has 150 valence electrons. The van der Waals surface area contributed by atoms with Crippen LogP contribution in [0.15, 0.2) is 88.7 Å². The molecule has 5 heteroatoms. The summed E-state index contributed by atoms with van der Waals surface area (Å²) in [6.45, 7) is 4.22. The van der Waals surface area contributed by atoms with Crippen molar-refractivity contribution in [1.82, 2.24) is 0 Å². The molecule has 0 saturated heterocycles. The number of thioether (sulfide) groups is 1. The minimum Gasteiger partial charge on any atom is -0.268 e. The van der Waals surface area contributed by atoms with Crippen LogP contribution >= 0.6 is 23.4 Å². The number of hydrogen-bond donors (Lipinski definition) is 0. The van der Waals surface area contributed by atoms with Gasteiger partial charge in [0.1, 0.15) is 0 Å². The van der Waals surface area contributed by atoms with E-state index < -0.39 is 0 Å². The van der Waals surface area contributed by atoms with Gasteiger partial charge in [-0.1, -0.05) is 79.7 Å².